The molecule has 0 saturated carbocycles. The van der Waals surface area contributed by atoms with Crippen molar-refractivity contribution in [3.63, 3.8) is 0 Å². The van der Waals surface area contributed by atoms with Crippen LogP contribution in [0.1, 0.15) is 19.3 Å². The van der Waals surface area contributed by atoms with Crippen LogP contribution in [0.4, 0.5) is 5.82 Å². The van der Waals surface area contributed by atoms with E-state index < -0.39 is 0 Å². The summed E-state index contributed by atoms with van der Waals surface area (Å²) in [7, 11) is 2.16. The van der Waals surface area contributed by atoms with E-state index in [0.717, 1.165) is 60.1 Å². The van der Waals surface area contributed by atoms with Crippen LogP contribution in [0.15, 0.2) is 29.0 Å². The lowest BCUT2D eigenvalue weighted by Crippen LogP contribution is -2.44. The summed E-state index contributed by atoms with van der Waals surface area (Å²) in [6.45, 7) is 3.25. The maximum Gasteiger partial charge on any atom is 0.139 e. The highest BCUT2D eigenvalue weighted by Crippen LogP contribution is 2.28. The smallest absolute Gasteiger partial charge is 0.139 e. The maximum atomic E-state index is 8.97. The van der Waals surface area contributed by atoms with Crippen molar-refractivity contribution in [1.82, 2.24) is 14.9 Å². The van der Waals surface area contributed by atoms with Crippen LogP contribution >= 0.6 is 15.9 Å². The quantitative estimate of drug-likeness (QED) is 0.866. The molecule has 0 aliphatic carbocycles. The Morgan fingerprint density at radius 2 is 2.09 bits per heavy atom. The van der Waals surface area contributed by atoms with Gasteiger partial charge in [0.1, 0.15) is 12.1 Å². The zero-order chi connectivity index (χ0) is 16.2. The standard InChI is InChI=1S/C17H23BrN4O/c1-21(7-2-10-23)14-5-8-22(9-6-14)17-15-11-13(18)3-4-16(15)19-12-20-17/h3-4,11-12,14,23H,2,5-10H2,1H3. The third-order valence-electron chi connectivity index (χ3n) is 4.63. The zero-order valence-electron chi connectivity index (χ0n) is 13.5. The number of hydrogen-bond donors (Lipinski definition) is 1. The van der Waals surface area contributed by atoms with Gasteiger partial charge in [-0.15, -0.1) is 0 Å². The summed E-state index contributed by atoms with van der Waals surface area (Å²) in [5.74, 6) is 1.03. The van der Waals surface area contributed by atoms with Crippen LogP contribution in [-0.2, 0) is 0 Å². The number of fused-ring (bicyclic) bond motifs is 1. The number of aliphatic hydroxyl groups is 1. The largest absolute Gasteiger partial charge is 0.396 e. The van der Waals surface area contributed by atoms with E-state index in [4.69, 9.17) is 5.11 Å². The molecule has 6 heteroatoms. The summed E-state index contributed by atoms with van der Waals surface area (Å²) in [6.07, 6.45) is 4.76. The lowest BCUT2D eigenvalue weighted by Gasteiger charge is -2.37. The molecule has 0 atom stereocenters. The summed E-state index contributed by atoms with van der Waals surface area (Å²) >= 11 is 3.54. The lowest BCUT2D eigenvalue weighted by atomic mass is 10.0. The average molecular weight is 379 g/mol. The highest BCUT2D eigenvalue weighted by atomic mass is 79.9. The molecule has 0 radical (unpaired) electrons. The second-order valence-corrected chi connectivity index (χ2v) is 7.05. The van der Waals surface area contributed by atoms with Crippen molar-refractivity contribution >= 4 is 32.7 Å². The fourth-order valence-corrected chi connectivity index (χ4v) is 3.65. The Morgan fingerprint density at radius 3 is 2.83 bits per heavy atom. The van der Waals surface area contributed by atoms with E-state index in [1.54, 1.807) is 6.33 Å². The fourth-order valence-electron chi connectivity index (χ4n) is 3.29. The molecule has 0 amide bonds. The highest BCUT2D eigenvalue weighted by molar-refractivity contribution is 9.10. The number of aliphatic hydroxyl groups excluding tert-OH is 1. The maximum absolute atomic E-state index is 8.97. The van der Waals surface area contributed by atoms with Gasteiger partial charge in [0, 0.05) is 42.1 Å². The second kappa shape index (κ2) is 7.55. The number of aromatic nitrogens is 2. The molecule has 0 unspecified atom stereocenters. The molecule has 1 aromatic carbocycles. The summed E-state index contributed by atoms with van der Waals surface area (Å²) in [5.41, 5.74) is 0.986. The van der Waals surface area contributed by atoms with Crippen molar-refractivity contribution < 1.29 is 5.11 Å². The van der Waals surface area contributed by atoms with Crippen LogP contribution in [0.2, 0.25) is 0 Å². The van der Waals surface area contributed by atoms with E-state index >= 15 is 0 Å². The third-order valence-corrected chi connectivity index (χ3v) is 5.13. The van der Waals surface area contributed by atoms with Gasteiger partial charge >= 0.3 is 0 Å². The van der Waals surface area contributed by atoms with Crippen molar-refractivity contribution in [2.45, 2.75) is 25.3 Å². The van der Waals surface area contributed by atoms with Gasteiger partial charge in [-0.05, 0) is 44.5 Å². The van der Waals surface area contributed by atoms with Crippen LogP contribution in [0.25, 0.3) is 10.9 Å². The molecular formula is C17H23BrN4O. The Hall–Kier alpha value is -1.24. The summed E-state index contributed by atoms with van der Waals surface area (Å²) in [5, 5.41) is 10.1. The Kier molecular flexibility index (Phi) is 5.46. The molecule has 124 valence electrons. The molecule has 1 N–H and O–H groups in total. The predicted molar refractivity (Wildman–Crippen MR) is 96.8 cm³/mol. The van der Waals surface area contributed by atoms with Gasteiger partial charge in [-0.2, -0.15) is 0 Å². The van der Waals surface area contributed by atoms with Crippen molar-refractivity contribution in [3.05, 3.63) is 29.0 Å². The van der Waals surface area contributed by atoms with E-state index in [2.05, 4.69) is 48.8 Å². The van der Waals surface area contributed by atoms with Crippen molar-refractivity contribution in [2.75, 3.05) is 38.2 Å². The van der Waals surface area contributed by atoms with Gasteiger partial charge in [0.25, 0.3) is 0 Å². The monoisotopic (exact) mass is 378 g/mol. The summed E-state index contributed by atoms with van der Waals surface area (Å²) in [4.78, 5) is 13.6. The van der Waals surface area contributed by atoms with E-state index in [1.807, 2.05) is 12.1 Å². The van der Waals surface area contributed by atoms with E-state index in [0.29, 0.717) is 6.04 Å². The molecule has 1 fully saturated rings. The van der Waals surface area contributed by atoms with Crippen LogP contribution in [-0.4, -0.2) is 59.3 Å². The number of benzene rings is 1. The minimum atomic E-state index is 0.269. The summed E-state index contributed by atoms with van der Waals surface area (Å²) in [6, 6.07) is 6.74. The minimum absolute atomic E-state index is 0.269. The normalized spacial score (nSPS) is 16.4. The van der Waals surface area contributed by atoms with Gasteiger partial charge in [0.05, 0.1) is 5.52 Å². The van der Waals surface area contributed by atoms with E-state index in [-0.39, 0.29) is 6.61 Å². The number of anilines is 1. The van der Waals surface area contributed by atoms with Gasteiger partial charge < -0.3 is 14.9 Å². The molecule has 2 heterocycles. The highest BCUT2D eigenvalue weighted by Gasteiger charge is 2.24. The Bertz CT molecular complexity index is 658. The van der Waals surface area contributed by atoms with Gasteiger partial charge in [0.15, 0.2) is 0 Å². The van der Waals surface area contributed by atoms with Crippen LogP contribution in [0.3, 0.4) is 0 Å². The topological polar surface area (TPSA) is 52.5 Å². The van der Waals surface area contributed by atoms with Gasteiger partial charge in [-0.25, -0.2) is 9.97 Å². The molecule has 5 nitrogen and oxygen atoms in total. The first kappa shape index (κ1) is 16.6. The molecule has 1 aliphatic rings. The molecule has 0 spiro atoms. The number of hydrogen-bond acceptors (Lipinski definition) is 5. The predicted octanol–water partition coefficient (Wildman–Crippen LogP) is 2.68. The SMILES string of the molecule is CN(CCCO)C1CCN(c2ncnc3ccc(Br)cc23)CC1. The molecule has 0 bridgehead atoms. The van der Waals surface area contributed by atoms with Crippen molar-refractivity contribution in [2.24, 2.45) is 0 Å². The minimum Gasteiger partial charge on any atom is -0.396 e. The third kappa shape index (κ3) is 3.82. The molecule has 1 aromatic heterocycles. The van der Waals surface area contributed by atoms with Crippen LogP contribution in [0, 0.1) is 0 Å². The molecule has 2 aromatic rings. The number of halogens is 1. The molecule has 3 rings (SSSR count). The van der Waals surface area contributed by atoms with Gasteiger partial charge in [-0.1, -0.05) is 15.9 Å². The molecule has 23 heavy (non-hydrogen) atoms. The first-order chi connectivity index (χ1) is 11.2. The number of piperidine rings is 1. The van der Waals surface area contributed by atoms with Crippen molar-refractivity contribution in [3.8, 4) is 0 Å². The van der Waals surface area contributed by atoms with Gasteiger partial charge in [0.2, 0.25) is 0 Å². The molecular weight excluding hydrogens is 356 g/mol. The molecule has 1 aliphatic heterocycles. The Morgan fingerprint density at radius 1 is 1.30 bits per heavy atom. The zero-order valence-corrected chi connectivity index (χ0v) is 15.0. The summed E-state index contributed by atoms with van der Waals surface area (Å²) < 4.78 is 1.06. The van der Waals surface area contributed by atoms with E-state index in [9.17, 15) is 0 Å². The van der Waals surface area contributed by atoms with Gasteiger partial charge in [-0.3, -0.25) is 0 Å². The fraction of sp³-hybridized carbons (Fsp3) is 0.529. The first-order valence-electron chi connectivity index (χ1n) is 8.15. The van der Waals surface area contributed by atoms with E-state index in [1.165, 1.54) is 0 Å². The first-order valence-corrected chi connectivity index (χ1v) is 8.94. The Balaban J connectivity index is 1.72. The Labute approximate surface area is 145 Å². The number of rotatable bonds is 5. The van der Waals surface area contributed by atoms with Crippen molar-refractivity contribution in [1.29, 1.82) is 0 Å². The molecule has 1 saturated heterocycles. The average Bonchev–Trinajstić information content (AvgIpc) is 2.59. The number of nitrogens with zero attached hydrogens (tertiary/aromatic N) is 4. The lowest BCUT2D eigenvalue weighted by molar-refractivity contribution is 0.184. The van der Waals surface area contributed by atoms with Crippen LogP contribution < -0.4 is 4.90 Å². The van der Waals surface area contributed by atoms with Crippen LogP contribution in [0.5, 0.6) is 0 Å². The second-order valence-electron chi connectivity index (χ2n) is 6.13.